The number of rotatable bonds is 5. The molecule has 0 saturated carbocycles. The fourth-order valence-electron chi connectivity index (χ4n) is 1.92. The molecule has 8 heteroatoms. The van der Waals surface area contributed by atoms with Gasteiger partial charge in [-0.25, -0.2) is 0 Å². The average molecular weight is 340 g/mol. The van der Waals surface area contributed by atoms with Crippen molar-refractivity contribution in [2.75, 3.05) is 4.31 Å². The highest BCUT2D eigenvalue weighted by Crippen LogP contribution is 2.42. The van der Waals surface area contributed by atoms with Crippen molar-refractivity contribution in [3.8, 4) is 0 Å². The number of para-hydroxylation sites is 1. The highest BCUT2D eigenvalue weighted by atomic mass is 32.2. The summed E-state index contributed by atoms with van der Waals surface area (Å²) < 4.78 is 31.8. The maximum absolute atomic E-state index is 12.4. The monoisotopic (exact) mass is 340 g/mol. The summed E-state index contributed by atoms with van der Waals surface area (Å²) in [6.07, 6.45) is 4.48. The molecule has 0 aliphatic carbocycles. The van der Waals surface area contributed by atoms with Crippen molar-refractivity contribution < 1.29 is 17.8 Å². The molecule has 0 radical (unpaired) electrons. The Hall–Kier alpha value is -1.87. The van der Waals surface area contributed by atoms with E-state index in [9.17, 15) is 13.2 Å². The van der Waals surface area contributed by atoms with E-state index in [1.165, 1.54) is 4.31 Å². The topological polar surface area (TPSA) is 101 Å². The zero-order valence-electron chi connectivity index (χ0n) is 11.5. The molecular weight excluding hydrogens is 324 g/mol. The normalized spacial score (nSPS) is 15.6. The molecule has 1 aliphatic heterocycles. The van der Waals surface area contributed by atoms with E-state index in [0.29, 0.717) is 11.1 Å². The number of allylic oxidation sites excluding steroid dienone is 2. The van der Waals surface area contributed by atoms with Gasteiger partial charge >= 0.3 is 0 Å². The number of anilines is 1. The number of hydrogen-bond donors (Lipinski definition) is 3. The summed E-state index contributed by atoms with van der Waals surface area (Å²) in [6.45, 7) is 0.249. The highest BCUT2D eigenvalue weighted by molar-refractivity contribution is 8.24. The first-order chi connectivity index (χ1) is 10.4. The summed E-state index contributed by atoms with van der Waals surface area (Å²) in [5.74, 6) is -0.541. The Morgan fingerprint density at radius 1 is 1.27 bits per heavy atom. The van der Waals surface area contributed by atoms with Crippen molar-refractivity contribution in [3.05, 3.63) is 64.3 Å². The van der Waals surface area contributed by atoms with Gasteiger partial charge in [-0.05, 0) is 22.4 Å². The van der Waals surface area contributed by atoms with Crippen molar-refractivity contribution in [3.63, 3.8) is 0 Å². The van der Waals surface area contributed by atoms with Crippen LogP contribution in [-0.4, -0.2) is 18.9 Å². The summed E-state index contributed by atoms with van der Waals surface area (Å²) in [5.41, 5.74) is 7.10. The number of thiol groups is 1. The number of nitrogens with two attached hydrogens (primary N) is 1. The molecule has 3 N–H and O–H groups in total. The van der Waals surface area contributed by atoms with Crippen LogP contribution in [0.1, 0.15) is 5.56 Å². The van der Waals surface area contributed by atoms with E-state index in [1.54, 1.807) is 18.2 Å². The first-order valence-corrected chi connectivity index (χ1v) is 9.27. The quantitative estimate of drug-likeness (QED) is 0.431. The molecule has 118 valence electrons. The first kappa shape index (κ1) is 16.5. The van der Waals surface area contributed by atoms with E-state index in [2.05, 4.69) is 0 Å². The van der Waals surface area contributed by atoms with Crippen molar-refractivity contribution >= 4 is 32.8 Å². The van der Waals surface area contributed by atoms with Crippen LogP contribution in [0.5, 0.6) is 0 Å². The molecule has 1 aliphatic rings. The van der Waals surface area contributed by atoms with Crippen LogP contribution in [0.25, 0.3) is 0 Å². The molecule has 22 heavy (non-hydrogen) atoms. The molecule has 0 spiro atoms. The van der Waals surface area contributed by atoms with Crippen LogP contribution in [-0.2, 0) is 21.5 Å². The maximum Gasteiger partial charge on any atom is 0.287 e. The predicted octanol–water partition coefficient (Wildman–Crippen LogP) is 1.84. The number of hydrogen-bond acceptors (Lipinski definition) is 4. The number of carbonyl (C=O) groups is 1. The number of benzene rings is 1. The third kappa shape index (κ3) is 4.08. The van der Waals surface area contributed by atoms with Crippen LogP contribution < -0.4 is 10.0 Å². The summed E-state index contributed by atoms with van der Waals surface area (Å²) in [5, 5.41) is 4.20. The number of nitrogens with zero attached hydrogens (tertiary/aromatic N) is 1. The number of carbonyl (C=O) groups excluding carboxylic acids is 1. The summed E-state index contributed by atoms with van der Waals surface area (Å²) in [7, 11) is -4.36. The Balaban J connectivity index is 2.43. The van der Waals surface area contributed by atoms with Gasteiger partial charge in [0.25, 0.3) is 16.0 Å². The molecule has 1 heterocycles. The minimum Gasteiger partial charge on any atom is -0.326 e. The Bertz CT molecular complexity index is 742. The molecule has 1 aromatic rings. The van der Waals surface area contributed by atoms with E-state index in [1.807, 2.05) is 29.0 Å². The van der Waals surface area contributed by atoms with Gasteiger partial charge in [0.05, 0.1) is 11.1 Å². The van der Waals surface area contributed by atoms with Gasteiger partial charge in [0.1, 0.15) is 0 Å². The molecule has 0 fully saturated rings. The SMILES string of the molecule is NCc1ccccc1N(C(=O)C=CS(=O)(=O)O)[SH]1C=CC=C1. The van der Waals surface area contributed by atoms with Crippen LogP contribution in [0, 0.1) is 0 Å². The van der Waals surface area contributed by atoms with E-state index in [0.717, 1.165) is 11.6 Å². The fraction of sp³-hybridized carbons (Fsp3) is 0.0714. The van der Waals surface area contributed by atoms with Crippen LogP contribution in [0.3, 0.4) is 0 Å². The van der Waals surface area contributed by atoms with Crippen LogP contribution >= 0.6 is 11.1 Å². The van der Waals surface area contributed by atoms with Gasteiger partial charge in [-0.3, -0.25) is 13.7 Å². The van der Waals surface area contributed by atoms with E-state index < -0.39 is 27.1 Å². The van der Waals surface area contributed by atoms with Crippen molar-refractivity contribution in [2.24, 2.45) is 5.73 Å². The summed E-state index contributed by atoms with van der Waals surface area (Å²) in [4.78, 5) is 12.4. The molecule has 1 amide bonds. The smallest absolute Gasteiger partial charge is 0.287 e. The third-order valence-electron chi connectivity index (χ3n) is 2.85. The largest absolute Gasteiger partial charge is 0.326 e. The molecule has 0 unspecified atom stereocenters. The minimum absolute atomic E-state index is 0.249. The molecule has 0 aromatic heterocycles. The maximum atomic E-state index is 12.4. The standard InChI is InChI=1S/C14H16N2O4S2/c15-11-12-5-1-2-6-13(12)16(21-8-3-4-9-21)14(17)7-10-22(18,19)20/h1-10,21H,11,15H2,(H,18,19,20). The molecule has 0 bridgehead atoms. The molecular formula is C14H16N2O4S2. The Kier molecular flexibility index (Phi) is 5.19. The molecule has 6 nitrogen and oxygen atoms in total. The Morgan fingerprint density at radius 3 is 2.50 bits per heavy atom. The molecule has 0 saturated heterocycles. The van der Waals surface area contributed by atoms with Crippen molar-refractivity contribution in [1.29, 1.82) is 0 Å². The van der Waals surface area contributed by atoms with Gasteiger partial charge in [0, 0.05) is 12.6 Å². The Morgan fingerprint density at radius 2 is 1.91 bits per heavy atom. The Labute approximate surface area is 131 Å². The zero-order valence-corrected chi connectivity index (χ0v) is 13.2. The number of amides is 1. The van der Waals surface area contributed by atoms with Crippen LogP contribution in [0.15, 0.2) is 58.7 Å². The van der Waals surface area contributed by atoms with Crippen molar-refractivity contribution in [1.82, 2.24) is 0 Å². The fourth-order valence-corrected chi connectivity index (χ4v) is 3.86. The van der Waals surface area contributed by atoms with Gasteiger partial charge < -0.3 is 5.73 Å². The second kappa shape index (κ2) is 6.93. The van der Waals surface area contributed by atoms with E-state index in [4.69, 9.17) is 10.3 Å². The first-order valence-electron chi connectivity index (χ1n) is 6.33. The van der Waals surface area contributed by atoms with Gasteiger partial charge in [-0.15, -0.1) is 11.1 Å². The van der Waals surface area contributed by atoms with E-state index in [-0.39, 0.29) is 6.54 Å². The third-order valence-corrected chi connectivity index (χ3v) is 5.16. The lowest BCUT2D eigenvalue weighted by molar-refractivity contribution is -0.113. The van der Waals surface area contributed by atoms with Gasteiger partial charge in [-0.2, -0.15) is 8.42 Å². The van der Waals surface area contributed by atoms with Gasteiger partial charge in [-0.1, -0.05) is 30.4 Å². The van der Waals surface area contributed by atoms with E-state index >= 15 is 0 Å². The predicted molar refractivity (Wildman–Crippen MR) is 89.8 cm³/mol. The van der Waals surface area contributed by atoms with Crippen molar-refractivity contribution in [2.45, 2.75) is 6.54 Å². The minimum atomic E-state index is -4.36. The van der Waals surface area contributed by atoms with Crippen LogP contribution in [0.4, 0.5) is 5.69 Å². The molecule has 0 atom stereocenters. The van der Waals surface area contributed by atoms with Gasteiger partial charge in [0.15, 0.2) is 0 Å². The highest BCUT2D eigenvalue weighted by Gasteiger charge is 2.21. The lowest BCUT2D eigenvalue weighted by atomic mass is 10.2. The second-order valence-corrected chi connectivity index (χ2v) is 7.42. The lowest BCUT2D eigenvalue weighted by Gasteiger charge is -2.30. The summed E-state index contributed by atoms with van der Waals surface area (Å²) >= 11 is -1.05. The molecule has 2 rings (SSSR count). The summed E-state index contributed by atoms with van der Waals surface area (Å²) in [6, 6.07) is 7.15. The van der Waals surface area contributed by atoms with Crippen LogP contribution in [0.2, 0.25) is 0 Å². The van der Waals surface area contributed by atoms with Gasteiger partial charge in [0.2, 0.25) is 0 Å². The zero-order chi connectivity index (χ0) is 16.2. The lowest BCUT2D eigenvalue weighted by Crippen LogP contribution is -2.26. The average Bonchev–Trinajstić information content (AvgIpc) is 2.99. The second-order valence-electron chi connectivity index (χ2n) is 4.36. The molecule has 1 aromatic carbocycles.